The summed E-state index contributed by atoms with van der Waals surface area (Å²) < 4.78 is 32.8. The van der Waals surface area contributed by atoms with Crippen molar-refractivity contribution in [3.05, 3.63) is 142 Å². The Balaban J connectivity index is 0.000000185. The smallest absolute Gasteiger partial charge is 0.870 e. The van der Waals surface area contributed by atoms with Crippen LogP contribution in [0.2, 0.25) is 0 Å². The van der Waals surface area contributed by atoms with Gasteiger partial charge in [0.2, 0.25) is 5.91 Å². The van der Waals surface area contributed by atoms with Crippen LogP contribution in [0, 0.1) is 10.8 Å². The quantitative estimate of drug-likeness (QED) is 0.0774. The summed E-state index contributed by atoms with van der Waals surface area (Å²) in [7, 11) is 3.32. The number of carboxylic acids is 1. The number of benzene rings is 5. The molecular formula is C72H80N3NaO12. The predicted molar refractivity (Wildman–Crippen MR) is 331 cm³/mol. The minimum Gasteiger partial charge on any atom is -0.870 e. The molecule has 2 amide bonds. The van der Waals surface area contributed by atoms with Crippen LogP contribution in [0.25, 0.3) is 44.3 Å². The van der Waals surface area contributed by atoms with Crippen LogP contribution in [0.15, 0.2) is 103 Å². The molecule has 4 aliphatic carbocycles. The van der Waals surface area contributed by atoms with E-state index >= 15 is 0 Å². The second kappa shape index (κ2) is 23.8. The van der Waals surface area contributed by atoms with Crippen molar-refractivity contribution in [3.8, 4) is 34.0 Å². The number of carbonyl (C=O) groups excluding carboxylic acids is 4. The number of amides is 2. The van der Waals surface area contributed by atoms with Gasteiger partial charge in [-0.1, -0.05) is 81.0 Å². The molecule has 5 aromatic carbocycles. The summed E-state index contributed by atoms with van der Waals surface area (Å²) in [5.74, 6) is 0.422. The molecular weight excluding hydrogens is 1120 g/mol. The third-order valence-electron chi connectivity index (χ3n) is 19.7. The number of carboxylic acid groups (broad SMARTS) is 1. The standard InChI is InChI=1S/C41H44N2O6.C31H35NO5.Na.H2O/c1-40(2,3)49-37(44)27-15-17-31-34(20-27)42-24-41(38(45)43-28(23-48-39(43)46)19-25-11-7-5-8-12-25)22-33(41)32-21-29(47-4)16-18-30(32)36(42)35(31)26-13-9-6-10-14-26;1-30(2,3)37-28(33)19-10-12-22-25(14-19)32-17-31(29(34)35)16-24(31)23-15-20(36-4)11-13-21(23)27(32)26(22)18-8-6-5-7-9-18;;/h5,7-8,11-12,15-18,20-21,26,28,33H,6,9-10,13-14,19,22-24H2,1-4H3;10-15,18,24H,5-9,16-17H2,1-4H3,(H,34,35);;1H2/q;;+1;/p-1/t28-,33-,41-;24-,31-;;/m11../s1. The molecule has 16 heteroatoms. The van der Waals surface area contributed by atoms with Crippen molar-refractivity contribution < 1.29 is 87.8 Å². The first-order valence-corrected chi connectivity index (χ1v) is 31.1. The third-order valence-corrected chi connectivity index (χ3v) is 19.7. The van der Waals surface area contributed by atoms with E-state index in [0.29, 0.717) is 55.3 Å². The van der Waals surface area contributed by atoms with Gasteiger partial charge in [0.25, 0.3) is 0 Å². The van der Waals surface area contributed by atoms with Gasteiger partial charge in [0.05, 0.1) is 53.6 Å². The second-order valence-corrected chi connectivity index (χ2v) is 27.5. The fraction of sp³-hybridized carbons (Fsp3) is 0.458. The molecule has 88 heavy (non-hydrogen) atoms. The molecule has 5 fully saturated rings. The first kappa shape index (κ1) is 62.7. The van der Waals surface area contributed by atoms with Crippen LogP contribution in [0.4, 0.5) is 4.79 Å². The first-order chi connectivity index (χ1) is 41.2. The topological polar surface area (TPSA) is 195 Å². The van der Waals surface area contributed by atoms with Gasteiger partial charge in [0, 0.05) is 57.9 Å². The summed E-state index contributed by atoms with van der Waals surface area (Å²) in [5, 5.41) is 12.7. The molecule has 5 atom stereocenters. The fourth-order valence-corrected chi connectivity index (χ4v) is 15.5. The van der Waals surface area contributed by atoms with Gasteiger partial charge in [-0.2, -0.15) is 0 Å². The molecule has 456 valence electrons. The zero-order valence-corrected chi connectivity index (χ0v) is 54.3. The van der Waals surface area contributed by atoms with Gasteiger partial charge >= 0.3 is 53.6 Å². The summed E-state index contributed by atoms with van der Waals surface area (Å²) >= 11 is 0. The molecule has 0 spiro atoms. The molecule has 3 aliphatic heterocycles. The number of nitrogens with zero attached hydrogens (tertiary/aromatic N) is 3. The largest absolute Gasteiger partial charge is 1.00 e. The number of aliphatic carboxylic acids is 1. The number of methoxy groups -OCH3 is 2. The average molecular weight is 1200 g/mol. The minimum atomic E-state index is -0.859. The van der Waals surface area contributed by atoms with E-state index in [0.717, 1.165) is 98.2 Å². The van der Waals surface area contributed by atoms with E-state index < -0.39 is 34.1 Å². The average Bonchev–Trinajstić information content (AvgIpc) is 1.87. The molecule has 1 saturated heterocycles. The molecule has 7 aliphatic rings. The molecule has 14 rings (SSSR count). The van der Waals surface area contributed by atoms with Crippen LogP contribution < -0.4 is 39.0 Å². The minimum absolute atomic E-state index is 0. The van der Waals surface area contributed by atoms with Crippen molar-refractivity contribution in [2.75, 3.05) is 20.8 Å². The number of cyclic esters (lactones) is 1. The van der Waals surface area contributed by atoms with Crippen LogP contribution in [0.5, 0.6) is 11.5 Å². The van der Waals surface area contributed by atoms with Crippen LogP contribution in [0.1, 0.15) is 191 Å². The Bertz CT molecular complexity index is 3900. The van der Waals surface area contributed by atoms with Gasteiger partial charge in [0.1, 0.15) is 29.3 Å². The number of hydrogen-bond donors (Lipinski definition) is 1. The van der Waals surface area contributed by atoms with Gasteiger partial charge in [-0.25, -0.2) is 19.3 Å². The molecule has 7 aromatic rings. The number of ether oxygens (including phenoxy) is 5. The van der Waals surface area contributed by atoms with Crippen molar-refractivity contribution in [1.29, 1.82) is 0 Å². The monoisotopic (exact) mass is 1200 g/mol. The van der Waals surface area contributed by atoms with Crippen molar-refractivity contribution in [3.63, 3.8) is 0 Å². The van der Waals surface area contributed by atoms with Crippen LogP contribution in [-0.2, 0) is 43.3 Å². The number of hydrogen-bond acceptors (Lipinski definition) is 11. The molecule has 15 nitrogen and oxygen atoms in total. The zero-order chi connectivity index (χ0) is 60.2. The number of imide groups is 1. The normalized spacial score (nSPS) is 22.6. The Hall–Kier alpha value is -6.91. The summed E-state index contributed by atoms with van der Waals surface area (Å²) in [6.45, 7) is 12.2. The van der Waals surface area contributed by atoms with Crippen LogP contribution >= 0.6 is 0 Å². The van der Waals surface area contributed by atoms with E-state index in [9.17, 15) is 29.1 Å². The van der Waals surface area contributed by atoms with E-state index in [-0.39, 0.29) is 77.4 Å². The Morgan fingerprint density at radius 1 is 0.602 bits per heavy atom. The maximum Gasteiger partial charge on any atom is 1.00 e. The van der Waals surface area contributed by atoms with E-state index in [1.165, 1.54) is 54.6 Å². The van der Waals surface area contributed by atoms with Gasteiger partial charge < -0.3 is 43.4 Å². The molecule has 0 radical (unpaired) electrons. The Kier molecular flexibility index (Phi) is 17.0. The molecule has 2 N–H and O–H groups in total. The Morgan fingerprint density at radius 3 is 1.51 bits per heavy atom. The van der Waals surface area contributed by atoms with Gasteiger partial charge in [0.15, 0.2) is 0 Å². The summed E-state index contributed by atoms with van der Waals surface area (Å²) in [6, 6.07) is 33.7. The van der Waals surface area contributed by atoms with Crippen LogP contribution in [-0.4, -0.2) is 92.6 Å². The number of rotatable bonds is 10. The maximum atomic E-state index is 15.0. The van der Waals surface area contributed by atoms with Crippen molar-refractivity contribution in [1.82, 2.24) is 14.0 Å². The maximum absolute atomic E-state index is 15.0. The van der Waals surface area contributed by atoms with Gasteiger partial charge in [-0.15, -0.1) is 0 Å². The molecule has 4 saturated carbocycles. The third kappa shape index (κ3) is 11.1. The van der Waals surface area contributed by atoms with Crippen molar-refractivity contribution in [2.45, 2.75) is 179 Å². The molecule has 5 heterocycles. The Labute approximate surface area is 537 Å². The number of fused-ring (bicyclic) bond motifs is 14. The van der Waals surface area contributed by atoms with Crippen molar-refractivity contribution >= 4 is 51.7 Å². The molecule has 2 aromatic heterocycles. The summed E-state index contributed by atoms with van der Waals surface area (Å²) in [5.41, 5.74) is 10.1. The fourth-order valence-electron chi connectivity index (χ4n) is 15.5. The van der Waals surface area contributed by atoms with Gasteiger partial charge in [-0.3, -0.25) is 9.59 Å². The van der Waals surface area contributed by atoms with E-state index in [1.807, 2.05) is 114 Å². The SMILES string of the molecule is COc1ccc2c(c1)[C@H]1C[C@@]1(C(=O)N1C(=O)OC[C@H]1Cc1ccccc1)Cn1c-2c(C2CCCCC2)c2ccc(C(=O)OC(C)(C)C)cc21.COc1ccc2c(c1)[C@H]1C[C@@]1(C(=O)O)Cn1c-2c(C2CCCCC2)c2ccc(C(=O)OC(C)(C)C)cc21.[Na+].[OH-]. The summed E-state index contributed by atoms with van der Waals surface area (Å²) in [6.07, 6.45) is 12.8. The molecule has 0 bridgehead atoms. The van der Waals surface area contributed by atoms with Crippen molar-refractivity contribution in [2.24, 2.45) is 10.8 Å². The van der Waals surface area contributed by atoms with E-state index in [4.69, 9.17) is 23.7 Å². The van der Waals surface area contributed by atoms with Gasteiger partial charge in [-0.05, 0) is 187 Å². The predicted octanol–water partition coefficient (Wildman–Crippen LogP) is 12.1. The number of carbonyl (C=O) groups is 5. The number of esters is 2. The summed E-state index contributed by atoms with van der Waals surface area (Å²) in [4.78, 5) is 68.9. The second-order valence-electron chi connectivity index (χ2n) is 27.5. The van der Waals surface area contributed by atoms with Crippen LogP contribution in [0.3, 0.4) is 0 Å². The molecule has 0 unspecified atom stereocenters. The zero-order valence-electron chi connectivity index (χ0n) is 52.3. The first-order valence-electron chi connectivity index (χ1n) is 31.1. The Morgan fingerprint density at radius 2 is 1.06 bits per heavy atom. The number of aromatic nitrogens is 2. The van der Waals surface area contributed by atoms with E-state index in [1.54, 1.807) is 14.2 Å². The van der Waals surface area contributed by atoms with E-state index in [2.05, 4.69) is 39.5 Å².